The Kier molecular flexibility index (Phi) is 5.18. The fourth-order valence-corrected chi connectivity index (χ4v) is 1.07. The minimum Gasteiger partial charge on any atom is -0.391 e. The van der Waals surface area contributed by atoms with Gasteiger partial charge in [0, 0.05) is 12.0 Å². The number of Topliss-reactive ketones (excluding diaryl/α,β-unsaturated/α-hetero) is 1. The summed E-state index contributed by atoms with van der Waals surface area (Å²) in [4.78, 5) is 12.9. The van der Waals surface area contributed by atoms with E-state index in [1.165, 1.54) is 0 Å². The predicted molar refractivity (Wildman–Crippen MR) is 53.6 cm³/mol. The van der Waals surface area contributed by atoms with Crippen molar-refractivity contribution in [2.24, 2.45) is 5.92 Å². The van der Waals surface area contributed by atoms with Gasteiger partial charge in [-0.1, -0.05) is 6.92 Å². The van der Waals surface area contributed by atoms with Crippen LogP contribution in [0.2, 0.25) is 0 Å². The molecule has 0 saturated heterocycles. The van der Waals surface area contributed by atoms with E-state index < -0.39 is 6.10 Å². The van der Waals surface area contributed by atoms with Crippen LogP contribution in [0.4, 0.5) is 0 Å². The first kappa shape index (κ1) is 12.6. The number of likely N-dealkylation sites (N-methyl/N-ethyl adjacent to an activating group) is 1. The number of ketones is 1. The van der Waals surface area contributed by atoms with E-state index in [-0.39, 0.29) is 17.7 Å². The Morgan fingerprint density at radius 3 is 2.15 bits per heavy atom. The average molecular weight is 187 g/mol. The van der Waals surface area contributed by atoms with Crippen molar-refractivity contribution in [1.29, 1.82) is 0 Å². The van der Waals surface area contributed by atoms with Crippen LogP contribution in [0.1, 0.15) is 27.2 Å². The molecule has 0 spiro atoms. The van der Waals surface area contributed by atoms with Gasteiger partial charge in [-0.2, -0.15) is 0 Å². The molecule has 3 nitrogen and oxygen atoms in total. The normalized spacial score (nSPS) is 18.4. The minimum absolute atomic E-state index is 0.0441. The molecule has 0 aliphatic carbocycles. The molecule has 0 aliphatic rings. The van der Waals surface area contributed by atoms with Crippen molar-refractivity contribution in [3.05, 3.63) is 0 Å². The first-order valence-electron chi connectivity index (χ1n) is 4.71. The van der Waals surface area contributed by atoms with Crippen LogP contribution in [0.15, 0.2) is 0 Å². The first-order chi connectivity index (χ1) is 5.86. The van der Waals surface area contributed by atoms with Gasteiger partial charge in [0.1, 0.15) is 5.78 Å². The summed E-state index contributed by atoms with van der Waals surface area (Å²) < 4.78 is 0. The van der Waals surface area contributed by atoms with E-state index in [1.807, 2.05) is 32.8 Å². The van der Waals surface area contributed by atoms with Crippen LogP contribution in [0.3, 0.4) is 0 Å². The molecule has 3 unspecified atom stereocenters. The van der Waals surface area contributed by atoms with Gasteiger partial charge in [0.05, 0.1) is 6.10 Å². The quantitative estimate of drug-likeness (QED) is 0.695. The molecule has 0 fully saturated rings. The highest BCUT2D eigenvalue weighted by atomic mass is 16.3. The number of carbonyl (C=O) groups is 1. The second-order valence-electron chi connectivity index (χ2n) is 4.02. The molecule has 0 radical (unpaired) electrons. The van der Waals surface area contributed by atoms with Crippen LogP contribution in [-0.2, 0) is 4.79 Å². The highest BCUT2D eigenvalue weighted by Gasteiger charge is 2.20. The number of aliphatic hydroxyl groups excluding tert-OH is 1. The summed E-state index contributed by atoms with van der Waals surface area (Å²) in [6.07, 6.45) is 0.128. The van der Waals surface area contributed by atoms with Gasteiger partial charge in [0.15, 0.2) is 0 Å². The summed E-state index contributed by atoms with van der Waals surface area (Å²) in [6, 6.07) is 0.0989. The molecular weight excluding hydrogens is 166 g/mol. The lowest BCUT2D eigenvalue weighted by Gasteiger charge is -2.26. The van der Waals surface area contributed by atoms with Crippen molar-refractivity contribution >= 4 is 5.78 Å². The van der Waals surface area contributed by atoms with Crippen LogP contribution >= 0.6 is 0 Å². The van der Waals surface area contributed by atoms with Gasteiger partial charge < -0.3 is 10.0 Å². The molecule has 0 aromatic rings. The smallest absolute Gasteiger partial charge is 0.132 e. The maximum absolute atomic E-state index is 10.9. The second-order valence-corrected chi connectivity index (χ2v) is 4.02. The van der Waals surface area contributed by atoms with Gasteiger partial charge >= 0.3 is 0 Å². The predicted octanol–water partition coefficient (Wildman–Crippen LogP) is 0.913. The van der Waals surface area contributed by atoms with Gasteiger partial charge in [-0.15, -0.1) is 0 Å². The van der Waals surface area contributed by atoms with Gasteiger partial charge in [-0.25, -0.2) is 0 Å². The standard InChI is InChI=1S/C10H21NO2/c1-7(9(3)12)6-10(13)8(2)11(4)5/h7-8,10,13H,6H2,1-5H3. The Bertz CT molecular complexity index is 168. The van der Waals surface area contributed by atoms with E-state index in [0.717, 1.165) is 0 Å². The summed E-state index contributed by atoms with van der Waals surface area (Å²) in [5.74, 6) is 0.0995. The van der Waals surface area contributed by atoms with Crippen LogP contribution < -0.4 is 0 Å². The maximum Gasteiger partial charge on any atom is 0.132 e. The Hall–Kier alpha value is -0.410. The van der Waals surface area contributed by atoms with Crippen LogP contribution in [0.25, 0.3) is 0 Å². The number of rotatable bonds is 5. The first-order valence-corrected chi connectivity index (χ1v) is 4.71. The summed E-state index contributed by atoms with van der Waals surface area (Å²) in [7, 11) is 3.85. The van der Waals surface area contributed by atoms with E-state index in [2.05, 4.69) is 0 Å². The molecule has 0 saturated carbocycles. The zero-order valence-corrected chi connectivity index (χ0v) is 9.24. The molecule has 1 N–H and O–H groups in total. The monoisotopic (exact) mass is 187 g/mol. The summed E-state index contributed by atoms with van der Waals surface area (Å²) in [5, 5.41) is 9.71. The molecule has 13 heavy (non-hydrogen) atoms. The Balaban J connectivity index is 3.99. The van der Waals surface area contributed by atoms with Gasteiger partial charge in [-0.05, 0) is 34.4 Å². The Morgan fingerprint density at radius 1 is 1.38 bits per heavy atom. The number of nitrogens with zero attached hydrogens (tertiary/aromatic N) is 1. The number of carbonyl (C=O) groups excluding carboxylic acids is 1. The van der Waals surface area contributed by atoms with Gasteiger partial charge in [0.2, 0.25) is 0 Å². The molecule has 0 bridgehead atoms. The van der Waals surface area contributed by atoms with Crippen molar-refractivity contribution in [3.8, 4) is 0 Å². The average Bonchev–Trinajstić information content (AvgIpc) is 2.02. The number of hydrogen-bond acceptors (Lipinski definition) is 3. The third-order valence-corrected chi connectivity index (χ3v) is 2.66. The van der Waals surface area contributed by atoms with E-state index in [0.29, 0.717) is 6.42 Å². The SMILES string of the molecule is CC(=O)C(C)CC(O)C(C)N(C)C. The van der Waals surface area contributed by atoms with Crippen molar-refractivity contribution in [3.63, 3.8) is 0 Å². The topological polar surface area (TPSA) is 40.5 Å². The summed E-state index contributed by atoms with van der Waals surface area (Å²) >= 11 is 0. The molecule has 0 rings (SSSR count). The maximum atomic E-state index is 10.9. The lowest BCUT2D eigenvalue weighted by molar-refractivity contribution is -0.121. The molecule has 3 heteroatoms. The lowest BCUT2D eigenvalue weighted by Crippen LogP contribution is -2.37. The molecule has 0 amide bonds. The van der Waals surface area contributed by atoms with E-state index in [9.17, 15) is 9.90 Å². The van der Waals surface area contributed by atoms with Crippen LogP contribution in [-0.4, -0.2) is 42.0 Å². The number of aliphatic hydroxyl groups is 1. The Morgan fingerprint density at radius 2 is 1.85 bits per heavy atom. The molecule has 0 heterocycles. The summed E-state index contributed by atoms with van der Waals surface area (Å²) in [6.45, 7) is 5.38. The van der Waals surface area contributed by atoms with E-state index >= 15 is 0 Å². The van der Waals surface area contributed by atoms with E-state index in [4.69, 9.17) is 0 Å². The van der Waals surface area contributed by atoms with Crippen molar-refractivity contribution in [2.75, 3.05) is 14.1 Å². The third kappa shape index (κ3) is 4.39. The molecule has 78 valence electrons. The van der Waals surface area contributed by atoms with E-state index in [1.54, 1.807) is 6.92 Å². The van der Waals surface area contributed by atoms with Crippen molar-refractivity contribution in [2.45, 2.75) is 39.3 Å². The second kappa shape index (κ2) is 5.35. The number of hydrogen-bond donors (Lipinski definition) is 1. The third-order valence-electron chi connectivity index (χ3n) is 2.66. The fourth-order valence-electron chi connectivity index (χ4n) is 1.07. The zero-order valence-electron chi connectivity index (χ0n) is 9.24. The highest BCUT2D eigenvalue weighted by molar-refractivity contribution is 5.77. The summed E-state index contributed by atoms with van der Waals surface area (Å²) in [5.41, 5.74) is 0. The molecule has 0 aromatic carbocycles. The lowest BCUT2D eigenvalue weighted by atomic mass is 9.96. The van der Waals surface area contributed by atoms with Gasteiger partial charge in [-0.3, -0.25) is 4.79 Å². The molecular formula is C10H21NO2. The Labute approximate surface area is 80.7 Å². The van der Waals surface area contributed by atoms with Crippen LogP contribution in [0.5, 0.6) is 0 Å². The molecule has 0 aliphatic heterocycles. The fraction of sp³-hybridized carbons (Fsp3) is 0.900. The van der Waals surface area contributed by atoms with Crippen molar-refractivity contribution < 1.29 is 9.90 Å². The highest BCUT2D eigenvalue weighted by Crippen LogP contribution is 2.12. The van der Waals surface area contributed by atoms with Gasteiger partial charge in [0.25, 0.3) is 0 Å². The zero-order chi connectivity index (χ0) is 10.6. The largest absolute Gasteiger partial charge is 0.391 e. The molecule has 0 aromatic heterocycles. The van der Waals surface area contributed by atoms with Crippen LogP contribution in [0, 0.1) is 5.92 Å². The molecule has 3 atom stereocenters. The minimum atomic E-state index is -0.422. The van der Waals surface area contributed by atoms with Crippen molar-refractivity contribution in [1.82, 2.24) is 4.90 Å².